The smallest absolute Gasteiger partial charge is 0.219 e. The number of nitrogens with zero attached hydrogens (tertiary/aromatic N) is 1. The average molecular weight is 308 g/mol. The van der Waals surface area contributed by atoms with E-state index in [0.29, 0.717) is 13.0 Å². The molecule has 0 aliphatic carbocycles. The first-order valence-electron chi connectivity index (χ1n) is 8.88. The van der Waals surface area contributed by atoms with Gasteiger partial charge in [0.2, 0.25) is 5.91 Å². The maximum Gasteiger partial charge on any atom is 0.219 e. The van der Waals surface area contributed by atoms with Crippen LogP contribution in [0, 0.1) is 0 Å². The van der Waals surface area contributed by atoms with E-state index in [-0.39, 0.29) is 5.91 Å². The normalized spacial score (nSPS) is 22.0. The van der Waals surface area contributed by atoms with Gasteiger partial charge in [-0.05, 0) is 32.1 Å². The summed E-state index contributed by atoms with van der Waals surface area (Å²) >= 11 is 0. The molecule has 0 aromatic rings. The second-order valence-electron chi connectivity index (χ2n) is 6.02. The molecule has 1 aliphatic rings. The molecule has 0 spiro atoms. The van der Waals surface area contributed by atoms with Crippen molar-refractivity contribution in [1.82, 2.24) is 5.32 Å². The van der Waals surface area contributed by atoms with Gasteiger partial charge in [-0.3, -0.25) is 4.79 Å². The van der Waals surface area contributed by atoms with E-state index in [1.165, 1.54) is 44.9 Å². The molecule has 22 heavy (non-hydrogen) atoms. The molecule has 0 bridgehead atoms. The van der Waals surface area contributed by atoms with Crippen LogP contribution in [0.15, 0.2) is 17.8 Å². The van der Waals surface area contributed by atoms with E-state index >= 15 is 0 Å². The lowest BCUT2D eigenvalue weighted by Gasteiger charge is -2.09. The summed E-state index contributed by atoms with van der Waals surface area (Å²) in [6.07, 6.45) is 15.1. The highest BCUT2D eigenvalue weighted by atomic mass is 16.6. The number of carbonyl (C=O) groups is 1. The fourth-order valence-electron chi connectivity index (χ4n) is 2.68. The van der Waals surface area contributed by atoms with Crippen molar-refractivity contribution in [2.75, 3.05) is 13.2 Å². The van der Waals surface area contributed by atoms with E-state index in [2.05, 4.69) is 17.1 Å². The Hall–Kier alpha value is -1.32. The Morgan fingerprint density at radius 3 is 2.23 bits per heavy atom. The monoisotopic (exact) mass is 308 g/mol. The van der Waals surface area contributed by atoms with Crippen molar-refractivity contribution >= 4 is 11.6 Å². The maximum atomic E-state index is 11.7. The minimum Gasteiger partial charge on any atom is -0.392 e. The standard InChI is InChI=1S/C18H32N2O2/c1-2-16-22-20-17-12-9-7-5-3-4-6-8-10-14-18(21)19-15-11-13-17/h2H,1,3-16H2,(H,19,21)/b20-17-. The summed E-state index contributed by atoms with van der Waals surface area (Å²) in [5.74, 6) is 0.188. The van der Waals surface area contributed by atoms with Crippen molar-refractivity contribution in [3.05, 3.63) is 12.7 Å². The largest absolute Gasteiger partial charge is 0.392 e. The molecule has 0 aromatic heterocycles. The van der Waals surface area contributed by atoms with Crippen LogP contribution in [0.5, 0.6) is 0 Å². The second-order valence-corrected chi connectivity index (χ2v) is 6.02. The highest BCUT2D eigenvalue weighted by Gasteiger charge is 2.05. The molecule has 126 valence electrons. The van der Waals surface area contributed by atoms with Gasteiger partial charge in [0.25, 0.3) is 0 Å². The van der Waals surface area contributed by atoms with Crippen LogP contribution in [0.2, 0.25) is 0 Å². The summed E-state index contributed by atoms with van der Waals surface area (Å²) in [4.78, 5) is 16.9. The molecule has 1 amide bonds. The van der Waals surface area contributed by atoms with Crippen LogP contribution in [0.4, 0.5) is 0 Å². The molecule has 1 rings (SSSR count). The number of carbonyl (C=O) groups excluding carboxylic acids is 1. The molecule has 0 unspecified atom stereocenters. The second kappa shape index (κ2) is 13.4. The van der Waals surface area contributed by atoms with Crippen molar-refractivity contribution in [2.45, 2.75) is 77.0 Å². The Kier molecular flexibility index (Phi) is 11.4. The molecule has 1 heterocycles. The van der Waals surface area contributed by atoms with Gasteiger partial charge in [-0.1, -0.05) is 56.3 Å². The zero-order valence-corrected chi connectivity index (χ0v) is 13.9. The molecule has 1 N–H and O–H groups in total. The van der Waals surface area contributed by atoms with E-state index in [4.69, 9.17) is 4.84 Å². The lowest BCUT2D eigenvalue weighted by molar-refractivity contribution is -0.121. The van der Waals surface area contributed by atoms with E-state index in [9.17, 15) is 4.79 Å². The van der Waals surface area contributed by atoms with Gasteiger partial charge in [-0.15, -0.1) is 0 Å². The van der Waals surface area contributed by atoms with Gasteiger partial charge >= 0.3 is 0 Å². The first-order chi connectivity index (χ1) is 10.8. The van der Waals surface area contributed by atoms with Gasteiger partial charge in [0.15, 0.2) is 0 Å². The fraction of sp³-hybridized carbons (Fsp3) is 0.778. The number of rotatable bonds is 3. The van der Waals surface area contributed by atoms with E-state index in [0.717, 1.165) is 37.9 Å². The predicted octanol–water partition coefficient (Wildman–Crippen LogP) is 4.36. The number of hydrogen-bond donors (Lipinski definition) is 1. The molecule has 1 aliphatic heterocycles. The van der Waals surface area contributed by atoms with Crippen molar-refractivity contribution in [1.29, 1.82) is 0 Å². The topological polar surface area (TPSA) is 50.7 Å². The Morgan fingerprint density at radius 1 is 0.955 bits per heavy atom. The first kappa shape index (κ1) is 18.7. The zero-order valence-electron chi connectivity index (χ0n) is 13.9. The minimum absolute atomic E-state index is 0.188. The first-order valence-corrected chi connectivity index (χ1v) is 8.88. The SMILES string of the molecule is C=CCO/N=C1/CCCCCCCCCCC(=O)NCCC1. The van der Waals surface area contributed by atoms with E-state index in [1.807, 2.05) is 0 Å². The molecule has 4 nitrogen and oxygen atoms in total. The number of nitrogens with one attached hydrogen (secondary N) is 1. The number of hydrogen-bond acceptors (Lipinski definition) is 3. The summed E-state index contributed by atoms with van der Waals surface area (Å²) in [6, 6.07) is 0. The Bertz CT molecular complexity index is 340. The highest BCUT2D eigenvalue weighted by Crippen LogP contribution is 2.12. The summed E-state index contributed by atoms with van der Waals surface area (Å²) in [5, 5.41) is 7.23. The zero-order chi connectivity index (χ0) is 15.9. The summed E-state index contributed by atoms with van der Waals surface area (Å²) in [6.45, 7) is 4.82. The van der Waals surface area contributed by atoms with E-state index < -0.39 is 0 Å². The lowest BCUT2D eigenvalue weighted by atomic mass is 10.0. The highest BCUT2D eigenvalue weighted by molar-refractivity contribution is 5.84. The van der Waals surface area contributed by atoms with Gasteiger partial charge in [0, 0.05) is 13.0 Å². The van der Waals surface area contributed by atoms with Gasteiger partial charge < -0.3 is 10.2 Å². The Morgan fingerprint density at radius 2 is 1.55 bits per heavy atom. The van der Waals surface area contributed by atoms with Crippen molar-refractivity contribution in [2.24, 2.45) is 5.16 Å². The third-order valence-corrected chi connectivity index (χ3v) is 3.97. The molecule has 0 aromatic carbocycles. The van der Waals surface area contributed by atoms with Crippen LogP contribution in [0.3, 0.4) is 0 Å². The molecule has 0 saturated carbocycles. The van der Waals surface area contributed by atoms with Crippen LogP contribution in [0.25, 0.3) is 0 Å². The van der Waals surface area contributed by atoms with Crippen LogP contribution < -0.4 is 5.32 Å². The fourth-order valence-corrected chi connectivity index (χ4v) is 2.68. The van der Waals surface area contributed by atoms with Crippen molar-refractivity contribution in [3.8, 4) is 0 Å². The predicted molar refractivity (Wildman–Crippen MR) is 92.0 cm³/mol. The molecular weight excluding hydrogens is 276 g/mol. The molecular formula is C18H32N2O2. The van der Waals surface area contributed by atoms with Crippen LogP contribution >= 0.6 is 0 Å². The van der Waals surface area contributed by atoms with E-state index in [1.54, 1.807) is 6.08 Å². The lowest BCUT2D eigenvalue weighted by Crippen LogP contribution is -2.24. The third kappa shape index (κ3) is 10.4. The van der Waals surface area contributed by atoms with Gasteiger partial charge in [0.1, 0.15) is 6.61 Å². The third-order valence-electron chi connectivity index (χ3n) is 3.97. The Labute approximate surface area is 135 Å². The van der Waals surface area contributed by atoms with Gasteiger partial charge in [-0.25, -0.2) is 0 Å². The summed E-state index contributed by atoms with van der Waals surface area (Å²) in [7, 11) is 0. The molecule has 0 atom stereocenters. The maximum absolute atomic E-state index is 11.7. The van der Waals surface area contributed by atoms with Crippen molar-refractivity contribution in [3.63, 3.8) is 0 Å². The molecule has 0 radical (unpaired) electrons. The quantitative estimate of drug-likeness (QED) is 0.478. The van der Waals surface area contributed by atoms with Gasteiger partial charge in [0.05, 0.1) is 5.71 Å². The molecule has 1 fully saturated rings. The van der Waals surface area contributed by atoms with Crippen molar-refractivity contribution < 1.29 is 9.63 Å². The van der Waals surface area contributed by atoms with Gasteiger partial charge in [-0.2, -0.15) is 0 Å². The van der Waals surface area contributed by atoms with Crippen LogP contribution in [-0.4, -0.2) is 24.8 Å². The van der Waals surface area contributed by atoms with Crippen LogP contribution in [0.1, 0.15) is 77.0 Å². The molecule has 4 heteroatoms. The summed E-state index contributed by atoms with van der Waals surface area (Å²) < 4.78 is 0. The number of amides is 1. The summed E-state index contributed by atoms with van der Waals surface area (Å²) in [5.41, 5.74) is 1.11. The Balaban J connectivity index is 2.39. The minimum atomic E-state index is 0.188. The average Bonchev–Trinajstić information content (AvgIpc) is 2.51. The molecule has 1 saturated heterocycles. The van der Waals surface area contributed by atoms with Crippen LogP contribution in [-0.2, 0) is 9.63 Å². The number of oxime groups is 1.